The number of benzene rings is 1. The maximum Gasteiger partial charge on any atom is 0.320 e. The van der Waals surface area contributed by atoms with Crippen LogP contribution in [-0.2, 0) is 0 Å². The fraction of sp³-hybridized carbons (Fsp3) is 0.333. The molecule has 138 valence electrons. The Labute approximate surface area is 156 Å². The highest BCUT2D eigenvalue weighted by molar-refractivity contribution is 9.10. The van der Waals surface area contributed by atoms with Crippen LogP contribution in [0.15, 0.2) is 27.3 Å². The van der Waals surface area contributed by atoms with Gasteiger partial charge in [-0.25, -0.2) is 18.9 Å². The average molecular weight is 427 g/mol. The minimum absolute atomic E-state index is 0.101. The second-order valence-corrected chi connectivity index (χ2v) is 6.65. The van der Waals surface area contributed by atoms with Crippen molar-refractivity contribution in [3.05, 3.63) is 34.2 Å². The van der Waals surface area contributed by atoms with Crippen molar-refractivity contribution >= 4 is 39.3 Å². The first-order valence-electron chi connectivity index (χ1n) is 7.88. The second-order valence-electron chi connectivity index (χ2n) is 5.80. The molecule has 26 heavy (non-hydrogen) atoms. The van der Waals surface area contributed by atoms with Crippen molar-refractivity contribution in [2.75, 3.05) is 10.4 Å². The Balaban J connectivity index is 1.70. The summed E-state index contributed by atoms with van der Waals surface area (Å²) in [7, 11) is 0. The van der Waals surface area contributed by atoms with Crippen LogP contribution in [0.25, 0.3) is 0 Å². The second kappa shape index (κ2) is 7.79. The Kier molecular flexibility index (Phi) is 5.47. The van der Waals surface area contributed by atoms with Crippen LogP contribution in [-0.4, -0.2) is 33.4 Å². The van der Waals surface area contributed by atoms with Crippen molar-refractivity contribution in [1.29, 1.82) is 5.41 Å². The van der Waals surface area contributed by atoms with Gasteiger partial charge in [0.05, 0.1) is 10.2 Å². The highest BCUT2D eigenvalue weighted by atomic mass is 79.9. The molecule has 0 saturated heterocycles. The van der Waals surface area contributed by atoms with Crippen molar-refractivity contribution in [1.82, 2.24) is 15.6 Å². The molecule has 11 heteroatoms. The van der Waals surface area contributed by atoms with Gasteiger partial charge in [-0.2, -0.15) is 0 Å². The Bertz CT molecular complexity index is 823. The van der Waals surface area contributed by atoms with Crippen LogP contribution in [0.5, 0.6) is 0 Å². The number of anilines is 2. The van der Waals surface area contributed by atoms with Gasteiger partial charge in [0.2, 0.25) is 5.82 Å². The maximum absolute atomic E-state index is 13.3. The van der Waals surface area contributed by atoms with Crippen LogP contribution in [0.2, 0.25) is 0 Å². The minimum atomic E-state index is -0.511. The lowest BCUT2D eigenvalue weighted by Crippen LogP contribution is -2.37. The van der Waals surface area contributed by atoms with Gasteiger partial charge in [0.15, 0.2) is 11.5 Å². The van der Waals surface area contributed by atoms with Gasteiger partial charge in [-0.1, -0.05) is 12.8 Å². The normalized spacial score (nSPS) is 14.3. The molecule has 0 atom stereocenters. The number of nitrogens with zero attached hydrogens (tertiary/aromatic N) is 3. The van der Waals surface area contributed by atoms with Crippen LogP contribution in [0.4, 0.5) is 20.7 Å². The molecule has 2 amide bonds. The summed E-state index contributed by atoms with van der Waals surface area (Å²) >= 11 is 3.01. The van der Waals surface area contributed by atoms with E-state index in [1.807, 2.05) is 0 Å². The minimum Gasteiger partial charge on any atom is -0.335 e. The molecule has 1 saturated carbocycles. The van der Waals surface area contributed by atoms with Gasteiger partial charge >= 0.3 is 6.03 Å². The third-order valence-corrected chi connectivity index (χ3v) is 4.60. The van der Waals surface area contributed by atoms with Gasteiger partial charge in [0.1, 0.15) is 5.82 Å². The zero-order valence-electron chi connectivity index (χ0n) is 13.5. The van der Waals surface area contributed by atoms with E-state index in [1.54, 1.807) is 0 Å². The van der Waals surface area contributed by atoms with Gasteiger partial charge < -0.3 is 5.32 Å². The average Bonchev–Trinajstić information content (AvgIpc) is 3.28. The van der Waals surface area contributed by atoms with Gasteiger partial charge in [0, 0.05) is 6.04 Å². The van der Waals surface area contributed by atoms with Crippen molar-refractivity contribution in [3.63, 3.8) is 0 Å². The molecule has 0 radical (unpaired) electrons. The lowest BCUT2D eigenvalue weighted by molar-refractivity contribution is 0.248. The molecule has 2 aromatic rings. The molecule has 1 fully saturated rings. The van der Waals surface area contributed by atoms with Gasteiger partial charge in [-0.05, 0) is 57.3 Å². The molecular weight excluding hydrogens is 411 g/mol. The molecule has 1 aromatic carbocycles. The number of rotatable bonds is 4. The molecule has 1 aliphatic carbocycles. The third-order valence-electron chi connectivity index (χ3n) is 3.99. The van der Waals surface area contributed by atoms with E-state index in [2.05, 4.69) is 41.5 Å². The highest BCUT2D eigenvalue weighted by Gasteiger charge is 2.24. The number of nitrogens with one attached hydrogen (secondary N) is 3. The molecule has 1 aliphatic rings. The standard InChI is InChI=1S/C15H16BrFN6O3/c16-10-7-9(5-6-11(10)17)23(25)13(18)12-14(22-26-21-12)20-15(24)19-8-3-1-2-4-8/h5-8,18,25H,1-4H2,(H2,19,20,22,24). The van der Waals surface area contributed by atoms with Crippen molar-refractivity contribution < 1.29 is 19.0 Å². The largest absolute Gasteiger partial charge is 0.335 e. The summed E-state index contributed by atoms with van der Waals surface area (Å²) in [5.74, 6) is -1.12. The number of amides is 2. The van der Waals surface area contributed by atoms with Crippen LogP contribution in [0, 0.1) is 11.2 Å². The molecule has 1 aromatic heterocycles. The summed E-state index contributed by atoms with van der Waals surface area (Å²) in [6.45, 7) is 0. The Morgan fingerprint density at radius 3 is 2.81 bits per heavy atom. The number of carbonyl (C=O) groups excluding carboxylic acids is 1. The van der Waals surface area contributed by atoms with Crippen molar-refractivity contribution in [2.24, 2.45) is 0 Å². The fourth-order valence-corrected chi connectivity index (χ4v) is 3.04. The van der Waals surface area contributed by atoms with Crippen molar-refractivity contribution in [2.45, 2.75) is 31.7 Å². The first-order chi connectivity index (χ1) is 12.5. The Morgan fingerprint density at radius 2 is 2.12 bits per heavy atom. The van der Waals surface area contributed by atoms with Crippen LogP contribution in [0.3, 0.4) is 0 Å². The topological polar surface area (TPSA) is 127 Å². The zero-order chi connectivity index (χ0) is 18.7. The smallest absolute Gasteiger partial charge is 0.320 e. The predicted molar refractivity (Wildman–Crippen MR) is 93.9 cm³/mol. The lowest BCUT2D eigenvalue weighted by atomic mass is 10.2. The van der Waals surface area contributed by atoms with E-state index in [4.69, 9.17) is 5.41 Å². The number of halogens is 2. The lowest BCUT2D eigenvalue weighted by Gasteiger charge is -2.17. The maximum atomic E-state index is 13.3. The first-order valence-corrected chi connectivity index (χ1v) is 8.68. The number of amidine groups is 1. The third kappa shape index (κ3) is 3.99. The Hall–Kier alpha value is -2.53. The zero-order valence-corrected chi connectivity index (χ0v) is 15.1. The van der Waals surface area contributed by atoms with Crippen LogP contribution < -0.4 is 15.7 Å². The molecule has 3 rings (SSSR count). The monoisotopic (exact) mass is 426 g/mol. The summed E-state index contributed by atoms with van der Waals surface area (Å²) in [6.07, 6.45) is 3.96. The van der Waals surface area contributed by atoms with Gasteiger partial charge in [0.25, 0.3) is 0 Å². The summed E-state index contributed by atoms with van der Waals surface area (Å²) in [6, 6.07) is 3.31. The molecular formula is C15H16BrFN6O3. The number of hydroxylamine groups is 1. The molecule has 4 N–H and O–H groups in total. The van der Waals surface area contributed by atoms with E-state index in [1.165, 1.54) is 12.1 Å². The molecule has 0 bridgehead atoms. The summed E-state index contributed by atoms with van der Waals surface area (Å²) in [5, 5.41) is 31.1. The summed E-state index contributed by atoms with van der Waals surface area (Å²) in [4.78, 5) is 12.0. The van der Waals surface area contributed by atoms with Crippen LogP contribution in [0.1, 0.15) is 31.4 Å². The molecule has 9 nitrogen and oxygen atoms in total. The number of aromatic nitrogens is 2. The SMILES string of the molecule is N=C(c1nonc1NC(=O)NC1CCCC1)N(O)c1ccc(F)c(Br)c1. The number of hydrogen-bond acceptors (Lipinski definition) is 6. The highest BCUT2D eigenvalue weighted by Crippen LogP contribution is 2.24. The predicted octanol–water partition coefficient (Wildman–Crippen LogP) is 3.26. The number of hydrogen-bond donors (Lipinski definition) is 4. The van der Waals surface area contributed by atoms with Gasteiger partial charge in [-0.3, -0.25) is 15.9 Å². The van der Waals surface area contributed by atoms with E-state index in [0.717, 1.165) is 31.7 Å². The molecule has 0 unspecified atom stereocenters. The number of urea groups is 1. The van der Waals surface area contributed by atoms with E-state index in [9.17, 15) is 14.4 Å². The first kappa shape index (κ1) is 18.3. The number of carbonyl (C=O) groups is 1. The van der Waals surface area contributed by atoms with Crippen molar-refractivity contribution in [3.8, 4) is 0 Å². The van der Waals surface area contributed by atoms with E-state index < -0.39 is 17.7 Å². The molecule has 0 spiro atoms. The van der Waals surface area contributed by atoms with Gasteiger partial charge in [-0.15, -0.1) is 0 Å². The summed E-state index contributed by atoms with van der Waals surface area (Å²) < 4.78 is 18.0. The Morgan fingerprint density at radius 1 is 1.38 bits per heavy atom. The van der Waals surface area contributed by atoms with Crippen LogP contribution >= 0.6 is 15.9 Å². The van der Waals surface area contributed by atoms with E-state index in [0.29, 0.717) is 5.06 Å². The molecule has 1 heterocycles. The molecule has 0 aliphatic heterocycles. The quantitative estimate of drug-likeness (QED) is 0.337. The van der Waals surface area contributed by atoms with E-state index >= 15 is 0 Å². The van der Waals surface area contributed by atoms with E-state index in [-0.39, 0.29) is 27.7 Å². The summed E-state index contributed by atoms with van der Waals surface area (Å²) in [5.41, 5.74) is -0.0536. The fourth-order valence-electron chi connectivity index (χ4n) is 2.67.